The summed E-state index contributed by atoms with van der Waals surface area (Å²) < 4.78 is 1.95. The lowest BCUT2D eigenvalue weighted by Gasteiger charge is -2.05. The largest absolute Gasteiger partial charge is 0.289 e. The van der Waals surface area contributed by atoms with Crippen molar-refractivity contribution in [2.45, 2.75) is 27.3 Å². The van der Waals surface area contributed by atoms with Crippen LogP contribution >= 0.6 is 0 Å². The maximum Gasteiger partial charge on any atom is 0.289 e. The van der Waals surface area contributed by atoms with E-state index in [-0.39, 0.29) is 5.91 Å². The molecule has 6 heteroatoms. The molecule has 0 saturated heterocycles. The zero-order valence-corrected chi connectivity index (χ0v) is 15.1. The van der Waals surface area contributed by atoms with Crippen LogP contribution in [0.2, 0.25) is 0 Å². The molecule has 132 valence electrons. The van der Waals surface area contributed by atoms with E-state index in [0.29, 0.717) is 12.2 Å². The molecule has 0 unspecified atom stereocenters. The van der Waals surface area contributed by atoms with E-state index >= 15 is 0 Å². The average molecular weight is 347 g/mol. The highest BCUT2D eigenvalue weighted by Crippen LogP contribution is 2.13. The first-order chi connectivity index (χ1) is 12.5. The molecule has 0 atom stereocenters. The fraction of sp³-hybridized carbons (Fsp3) is 0.200. The first-order valence-electron chi connectivity index (χ1n) is 8.38. The Labute approximate surface area is 152 Å². The molecule has 1 N–H and O–H groups in total. The molecule has 0 spiro atoms. The highest BCUT2D eigenvalue weighted by atomic mass is 16.2. The molecule has 0 aliphatic heterocycles. The summed E-state index contributed by atoms with van der Waals surface area (Å²) in [4.78, 5) is 16.0. The van der Waals surface area contributed by atoms with Crippen molar-refractivity contribution in [3.8, 4) is 0 Å². The standard InChI is InChI=1S/C20H21N5O/c1-14-7-9-17(10-8-14)13-25-16(3)18(15(2)24-25)12-22-23-20(26)19-6-4-5-11-21-19/h4-12H,13H2,1-3H3,(H,23,26)/b22-12-. The smallest absolute Gasteiger partial charge is 0.266 e. The number of aryl methyl sites for hydroxylation is 2. The number of pyridine rings is 1. The van der Waals surface area contributed by atoms with Crippen molar-refractivity contribution in [3.63, 3.8) is 0 Å². The number of amides is 1. The van der Waals surface area contributed by atoms with Gasteiger partial charge in [-0.3, -0.25) is 14.5 Å². The SMILES string of the molecule is Cc1ccc(Cn2nc(C)c(/C=N\NC(=O)c3ccccn3)c2C)cc1. The van der Waals surface area contributed by atoms with Gasteiger partial charge in [0.05, 0.1) is 18.5 Å². The van der Waals surface area contributed by atoms with Crippen LogP contribution in [0.3, 0.4) is 0 Å². The van der Waals surface area contributed by atoms with Crippen LogP contribution in [0.5, 0.6) is 0 Å². The monoisotopic (exact) mass is 347 g/mol. The molecular formula is C20H21N5O. The summed E-state index contributed by atoms with van der Waals surface area (Å²) in [5.41, 5.74) is 8.01. The first kappa shape index (κ1) is 17.5. The minimum atomic E-state index is -0.343. The fourth-order valence-corrected chi connectivity index (χ4v) is 2.63. The van der Waals surface area contributed by atoms with E-state index in [0.717, 1.165) is 17.0 Å². The molecule has 2 aromatic heterocycles. The van der Waals surface area contributed by atoms with Crippen molar-refractivity contribution < 1.29 is 4.79 Å². The molecule has 6 nitrogen and oxygen atoms in total. The molecule has 0 aliphatic rings. The van der Waals surface area contributed by atoms with Gasteiger partial charge in [0.1, 0.15) is 5.69 Å². The van der Waals surface area contributed by atoms with Crippen LogP contribution in [0.25, 0.3) is 0 Å². The van der Waals surface area contributed by atoms with Crippen LogP contribution in [0, 0.1) is 20.8 Å². The normalized spacial score (nSPS) is 11.0. The minimum Gasteiger partial charge on any atom is -0.266 e. The van der Waals surface area contributed by atoms with Crippen LogP contribution in [-0.2, 0) is 6.54 Å². The van der Waals surface area contributed by atoms with E-state index in [9.17, 15) is 4.79 Å². The number of nitrogens with one attached hydrogen (secondary N) is 1. The summed E-state index contributed by atoms with van der Waals surface area (Å²) in [6.45, 7) is 6.69. The first-order valence-corrected chi connectivity index (χ1v) is 8.38. The molecule has 0 radical (unpaired) electrons. The van der Waals surface area contributed by atoms with Gasteiger partial charge in [0.2, 0.25) is 0 Å². The van der Waals surface area contributed by atoms with E-state index in [1.807, 2.05) is 18.5 Å². The van der Waals surface area contributed by atoms with E-state index in [2.05, 4.69) is 51.8 Å². The number of rotatable bonds is 5. The van der Waals surface area contributed by atoms with Crippen LogP contribution in [0.4, 0.5) is 0 Å². The average Bonchev–Trinajstić information content (AvgIpc) is 2.91. The Bertz CT molecular complexity index is 927. The highest BCUT2D eigenvalue weighted by Gasteiger charge is 2.10. The number of benzene rings is 1. The second kappa shape index (κ2) is 7.74. The predicted molar refractivity (Wildman–Crippen MR) is 101 cm³/mol. The van der Waals surface area contributed by atoms with Crippen molar-refractivity contribution >= 4 is 12.1 Å². The van der Waals surface area contributed by atoms with Crippen LogP contribution in [0.1, 0.15) is 38.6 Å². The number of hydrogen-bond acceptors (Lipinski definition) is 4. The molecule has 0 fully saturated rings. The van der Waals surface area contributed by atoms with E-state index < -0.39 is 0 Å². The molecule has 0 bridgehead atoms. The second-order valence-corrected chi connectivity index (χ2v) is 6.14. The summed E-state index contributed by atoms with van der Waals surface area (Å²) in [7, 11) is 0. The van der Waals surface area contributed by atoms with Gasteiger partial charge >= 0.3 is 0 Å². The lowest BCUT2D eigenvalue weighted by molar-refractivity contribution is 0.0950. The summed E-state index contributed by atoms with van der Waals surface area (Å²) in [6.07, 6.45) is 3.20. The number of aromatic nitrogens is 3. The number of carbonyl (C=O) groups excluding carboxylic acids is 1. The molecule has 0 aliphatic carbocycles. The summed E-state index contributed by atoms with van der Waals surface area (Å²) >= 11 is 0. The zero-order chi connectivity index (χ0) is 18.5. The van der Waals surface area contributed by atoms with Gasteiger partial charge < -0.3 is 0 Å². The fourth-order valence-electron chi connectivity index (χ4n) is 2.63. The molecule has 0 saturated carbocycles. The van der Waals surface area contributed by atoms with E-state index in [4.69, 9.17) is 0 Å². The Kier molecular flexibility index (Phi) is 5.22. The number of hydrazone groups is 1. The number of hydrogen-bond donors (Lipinski definition) is 1. The van der Waals surface area contributed by atoms with Crippen molar-refractivity contribution in [1.82, 2.24) is 20.2 Å². The molecule has 1 amide bonds. The second-order valence-electron chi connectivity index (χ2n) is 6.14. The maximum atomic E-state index is 12.0. The van der Waals surface area contributed by atoms with Gasteiger partial charge in [0.15, 0.2) is 0 Å². The van der Waals surface area contributed by atoms with Gasteiger partial charge in [-0.05, 0) is 38.5 Å². The molecule has 3 aromatic rings. The van der Waals surface area contributed by atoms with Gasteiger partial charge in [-0.2, -0.15) is 10.2 Å². The topological polar surface area (TPSA) is 72.2 Å². The zero-order valence-electron chi connectivity index (χ0n) is 15.1. The highest BCUT2D eigenvalue weighted by molar-refractivity contribution is 5.93. The lowest BCUT2D eigenvalue weighted by atomic mass is 10.1. The van der Waals surface area contributed by atoms with Gasteiger partial charge in [0, 0.05) is 17.5 Å². The molecule has 3 rings (SSSR count). The van der Waals surface area contributed by atoms with Crippen LogP contribution in [-0.4, -0.2) is 26.9 Å². The molecule has 2 heterocycles. The minimum absolute atomic E-state index is 0.327. The van der Waals surface area contributed by atoms with Crippen molar-refractivity contribution in [1.29, 1.82) is 0 Å². The molecular weight excluding hydrogens is 326 g/mol. The summed E-state index contributed by atoms with van der Waals surface area (Å²) in [6, 6.07) is 13.6. The lowest BCUT2D eigenvalue weighted by Crippen LogP contribution is -2.18. The number of carbonyl (C=O) groups is 1. The summed E-state index contributed by atoms with van der Waals surface area (Å²) in [5, 5.41) is 8.64. The van der Waals surface area contributed by atoms with Gasteiger partial charge in [-0.15, -0.1) is 0 Å². The maximum absolute atomic E-state index is 12.0. The predicted octanol–water partition coefficient (Wildman–Crippen LogP) is 3.02. The van der Waals surface area contributed by atoms with Crippen molar-refractivity contribution in [3.05, 3.63) is 82.4 Å². The third kappa shape index (κ3) is 4.03. The Balaban J connectivity index is 1.71. The Morgan fingerprint density at radius 1 is 1.15 bits per heavy atom. The molecule has 1 aromatic carbocycles. The quantitative estimate of drug-likeness (QED) is 0.570. The third-order valence-corrected chi connectivity index (χ3v) is 4.15. The van der Waals surface area contributed by atoms with Gasteiger partial charge in [0.25, 0.3) is 5.91 Å². The van der Waals surface area contributed by atoms with E-state index in [1.54, 1.807) is 30.6 Å². The van der Waals surface area contributed by atoms with Gasteiger partial charge in [-0.1, -0.05) is 35.9 Å². The van der Waals surface area contributed by atoms with Crippen LogP contribution in [0.15, 0.2) is 53.8 Å². The summed E-state index contributed by atoms with van der Waals surface area (Å²) in [5.74, 6) is -0.343. The number of nitrogens with zero attached hydrogens (tertiary/aromatic N) is 4. The Morgan fingerprint density at radius 2 is 1.92 bits per heavy atom. The van der Waals surface area contributed by atoms with Crippen molar-refractivity contribution in [2.24, 2.45) is 5.10 Å². The third-order valence-electron chi connectivity index (χ3n) is 4.15. The van der Waals surface area contributed by atoms with E-state index in [1.165, 1.54) is 11.1 Å². The van der Waals surface area contributed by atoms with Gasteiger partial charge in [-0.25, -0.2) is 5.43 Å². The Morgan fingerprint density at radius 3 is 2.62 bits per heavy atom. The van der Waals surface area contributed by atoms with Crippen LogP contribution < -0.4 is 5.43 Å². The Hall–Kier alpha value is -3.28. The van der Waals surface area contributed by atoms with Crippen molar-refractivity contribution in [2.75, 3.05) is 0 Å². The molecule has 26 heavy (non-hydrogen) atoms.